The summed E-state index contributed by atoms with van der Waals surface area (Å²) in [5.41, 5.74) is 0. The van der Waals surface area contributed by atoms with E-state index in [-0.39, 0.29) is 6.10 Å². The fourth-order valence-electron chi connectivity index (χ4n) is 4.43. The molecule has 3 heterocycles. The lowest BCUT2D eigenvalue weighted by atomic mass is 9.94. The second-order valence-corrected chi connectivity index (χ2v) is 7.15. The summed E-state index contributed by atoms with van der Waals surface area (Å²) < 4.78 is 8.10. The Bertz CT molecular complexity index is 699. The van der Waals surface area contributed by atoms with Crippen molar-refractivity contribution in [3.63, 3.8) is 0 Å². The van der Waals surface area contributed by atoms with E-state index in [1.165, 1.54) is 12.8 Å². The third kappa shape index (κ3) is 2.45. The molecule has 126 valence electrons. The maximum Gasteiger partial charge on any atom is 0.242 e. The molecule has 3 aliphatic rings. The molecule has 2 fully saturated rings. The zero-order chi connectivity index (χ0) is 15.9. The van der Waals surface area contributed by atoms with Crippen LogP contribution in [0.1, 0.15) is 31.2 Å². The van der Waals surface area contributed by atoms with Crippen molar-refractivity contribution in [1.82, 2.24) is 20.1 Å². The molecule has 0 spiro atoms. The van der Waals surface area contributed by atoms with E-state index < -0.39 is 0 Å². The number of ether oxygens (including phenoxy) is 1. The van der Waals surface area contributed by atoms with Gasteiger partial charge in [-0.2, -0.15) is 4.98 Å². The van der Waals surface area contributed by atoms with Crippen LogP contribution in [-0.4, -0.2) is 33.9 Å². The topological polar surface area (TPSA) is 64.0 Å². The van der Waals surface area contributed by atoms with Crippen LogP contribution in [-0.2, 0) is 6.54 Å². The summed E-state index contributed by atoms with van der Waals surface area (Å²) >= 11 is 0. The van der Waals surface area contributed by atoms with Crippen molar-refractivity contribution in [3.05, 3.63) is 36.2 Å². The van der Waals surface area contributed by atoms with Crippen LogP contribution in [0.15, 0.2) is 30.3 Å². The molecule has 3 unspecified atom stereocenters. The summed E-state index contributed by atoms with van der Waals surface area (Å²) in [6.45, 7) is 3.10. The van der Waals surface area contributed by atoms with Crippen molar-refractivity contribution in [2.24, 2.45) is 11.8 Å². The number of nitrogens with zero attached hydrogens (tertiary/aromatic N) is 3. The number of hydrogen-bond donors (Lipinski definition) is 2. The molecule has 1 aromatic carbocycles. The number of para-hydroxylation sites is 1. The molecule has 6 heteroatoms. The maximum atomic E-state index is 6.10. The van der Waals surface area contributed by atoms with E-state index in [0.717, 1.165) is 43.6 Å². The monoisotopic (exact) mass is 325 g/mol. The first-order chi connectivity index (χ1) is 11.9. The number of benzene rings is 1. The molecule has 1 saturated heterocycles. The van der Waals surface area contributed by atoms with Crippen molar-refractivity contribution in [2.45, 2.75) is 38.0 Å². The van der Waals surface area contributed by atoms with Gasteiger partial charge in [0.05, 0.1) is 0 Å². The second-order valence-electron chi connectivity index (χ2n) is 7.15. The average molecular weight is 325 g/mol. The zero-order valence-corrected chi connectivity index (χ0v) is 13.7. The van der Waals surface area contributed by atoms with Gasteiger partial charge in [-0.05, 0) is 49.9 Å². The second kappa shape index (κ2) is 5.77. The number of hydrogen-bond acceptors (Lipinski definition) is 5. The minimum atomic E-state index is 0.000180. The van der Waals surface area contributed by atoms with Gasteiger partial charge in [-0.1, -0.05) is 18.2 Å². The molecule has 2 aromatic rings. The molecule has 0 amide bonds. The Morgan fingerprint density at radius 1 is 1.08 bits per heavy atom. The lowest BCUT2D eigenvalue weighted by molar-refractivity contribution is 0.203. The summed E-state index contributed by atoms with van der Waals surface area (Å²) in [6.07, 6.45) is 3.55. The van der Waals surface area contributed by atoms with Gasteiger partial charge in [-0.15, -0.1) is 5.10 Å². The third-order valence-electron chi connectivity index (χ3n) is 5.65. The minimum Gasteiger partial charge on any atom is -0.482 e. The Balaban J connectivity index is 1.32. The standard InChI is InChI=1S/C18H23N5O/c1-2-4-14(5-3-1)24-15-8-9-23-17(15)21-18(22-23)20-16-12-6-7-13(16)11-19-10-12/h1-5,12-13,15-16,19H,6-11H2,(H,20,22). The van der Waals surface area contributed by atoms with Crippen molar-refractivity contribution in [1.29, 1.82) is 0 Å². The van der Waals surface area contributed by atoms with Gasteiger partial charge in [0.25, 0.3) is 0 Å². The molecule has 2 N–H and O–H groups in total. The summed E-state index contributed by atoms with van der Waals surface area (Å²) in [4.78, 5) is 4.75. The van der Waals surface area contributed by atoms with Crippen molar-refractivity contribution in [2.75, 3.05) is 18.4 Å². The van der Waals surface area contributed by atoms with Gasteiger partial charge >= 0.3 is 0 Å². The summed E-state index contributed by atoms with van der Waals surface area (Å²) in [5.74, 6) is 4.03. The van der Waals surface area contributed by atoms with Crippen molar-refractivity contribution in [3.8, 4) is 5.75 Å². The maximum absolute atomic E-state index is 6.10. The lowest BCUT2D eigenvalue weighted by Gasteiger charge is -2.31. The number of aryl methyl sites for hydroxylation is 1. The highest BCUT2D eigenvalue weighted by molar-refractivity contribution is 5.30. The highest BCUT2D eigenvalue weighted by atomic mass is 16.5. The number of nitrogens with one attached hydrogen (secondary N) is 2. The number of rotatable bonds is 4. The van der Waals surface area contributed by atoms with Crippen LogP contribution in [0.25, 0.3) is 0 Å². The van der Waals surface area contributed by atoms with Crippen molar-refractivity contribution < 1.29 is 4.74 Å². The van der Waals surface area contributed by atoms with Crippen LogP contribution in [0.4, 0.5) is 5.95 Å². The molecular formula is C18H23N5O. The zero-order valence-electron chi connectivity index (χ0n) is 13.7. The molecule has 3 atom stereocenters. The van der Waals surface area contributed by atoms with E-state index in [4.69, 9.17) is 9.72 Å². The first-order valence-electron chi connectivity index (χ1n) is 9.00. The highest BCUT2D eigenvalue weighted by Gasteiger charge is 2.40. The smallest absolute Gasteiger partial charge is 0.242 e. The SMILES string of the molecule is c1ccc(OC2CCn3nc(NC4C5CCC4CNC5)nc32)cc1. The number of aromatic nitrogens is 3. The van der Waals surface area contributed by atoms with Gasteiger partial charge in [-0.25, -0.2) is 4.68 Å². The molecule has 0 radical (unpaired) electrons. The van der Waals surface area contributed by atoms with Gasteiger partial charge in [0.15, 0.2) is 11.9 Å². The Kier molecular flexibility index (Phi) is 3.43. The van der Waals surface area contributed by atoms with Crippen LogP contribution in [0.5, 0.6) is 5.75 Å². The van der Waals surface area contributed by atoms with Gasteiger partial charge in [0.2, 0.25) is 5.95 Å². The molecule has 2 aliphatic heterocycles. The number of anilines is 1. The van der Waals surface area contributed by atoms with Crippen LogP contribution < -0.4 is 15.4 Å². The first-order valence-corrected chi connectivity index (χ1v) is 9.00. The van der Waals surface area contributed by atoms with Gasteiger partial charge < -0.3 is 15.4 Å². The third-order valence-corrected chi connectivity index (χ3v) is 5.65. The molecule has 5 rings (SSSR count). The van der Waals surface area contributed by atoms with Crippen LogP contribution >= 0.6 is 0 Å². The summed E-state index contributed by atoms with van der Waals surface area (Å²) in [7, 11) is 0. The Hall–Kier alpha value is -2.08. The van der Waals surface area contributed by atoms with Crippen LogP contribution in [0.2, 0.25) is 0 Å². The van der Waals surface area contributed by atoms with E-state index in [2.05, 4.69) is 15.7 Å². The predicted octanol–water partition coefficient (Wildman–Crippen LogP) is 2.21. The molecule has 1 aromatic heterocycles. The fraction of sp³-hybridized carbons (Fsp3) is 0.556. The van der Waals surface area contributed by atoms with E-state index in [1.807, 2.05) is 35.0 Å². The van der Waals surface area contributed by atoms with Gasteiger partial charge in [0, 0.05) is 19.0 Å². The van der Waals surface area contributed by atoms with E-state index in [9.17, 15) is 0 Å². The predicted molar refractivity (Wildman–Crippen MR) is 90.9 cm³/mol. The molecule has 24 heavy (non-hydrogen) atoms. The van der Waals surface area contributed by atoms with Gasteiger partial charge in [-0.3, -0.25) is 0 Å². The normalized spacial score (nSPS) is 31.0. The number of piperidine rings is 1. The van der Waals surface area contributed by atoms with Crippen LogP contribution in [0, 0.1) is 11.8 Å². The largest absolute Gasteiger partial charge is 0.482 e. The van der Waals surface area contributed by atoms with E-state index in [0.29, 0.717) is 17.9 Å². The fourth-order valence-corrected chi connectivity index (χ4v) is 4.43. The molecule has 1 saturated carbocycles. The average Bonchev–Trinajstić information content (AvgIpc) is 3.22. The molecule has 6 nitrogen and oxygen atoms in total. The van der Waals surface area contributed by atoms with E-state index >= 15 is 0 Å². The quantitative estimate of drug-likeness (QED) is 0.902. The minimum absolute atomic E-state index is 0.000180. The molecule has 1 aliphatic carbocycles. The van der Waals surface area contributed by atoms with Crippen molar-refractivity contribution >= 4 is 5.95 Å². The lowest BCUT2D eigenvalue weighted by Crippen LogP contribution is -2.45. The summed E-state index contributed by atoms with van der Waals surface area (Å²) in [5, 5.41) is 11.8. The highest BCUT2D eigenvalue weighted by Crippen LogP contribution is 2.36. The summed E-state index contributed by atoms with van der Waals surface area (Å²) in [6, 6.07) is 10.5. The van der Waals surface area contributed by atoms with Gasteiger partial charge in [0.1, 0.15) is 5.75 Å². The first kappa shape index (κ1) is 14.3. The Morgan fingerprint density at radius 3 is 2.67 bits per heavy atom. The molecule has 2 bridgehead atoms. The van der Waals surface area contributed by atoms with Crippen LogP contribution in [0.3, 0.4) is 0 Å². The van der Waals surface area contributed by atoms with E-state index in [1.54, 1.807) is 0 Å². The number of fused-ring (bicyclic) bond motifs is 3. The molecular weight excluding hydrogens is 302 g/mol. The Labute approximate surface area is 141 Å². The Morgan fingerprint density at radius 2 is 1.88 bits per heavy atom.